The average Bonchev–Trinajstić information content (AvgIpc) is 3.27. The quantitative estimate of drug-likeness (QED) is 0.268. The number of benzene rings is 2. The Kier molecular flexibility index (Phi) is 7.45. The van der Waals surface area contributed by atoms with Gasteiger partial charge in [-0.15, -0.1) is 0 Å². The van der Waals surface area contributed by atoms with Crippen LogP contribution in [0.4, 0.5) is 13.2 Å². The predicted octanol–water partition coefficient (Wildman–Crippen LogP) is 6.90. The molecule has 0 bridgehead atoms. The van der Waals surface area contributed by atoms with E-state index in [1.807, 2.05) is 23.9 Å². The first kappa shape index (κ1) is 26.5. The molecule has 37 heavy (non-hydrogen) atoms. The third-order valence-electron chi connectivity index (χ3n) is 5.97. The van der Waals surface area contributed by atoms with Crippen molar-refractivity contribution in [1.82, 2.24) is 14.8 Å². The maximum Gasteiger partial charge on any atom is 0.416 e. The number of ether oxygens (including phenoxy) is 1. The summed E-state index contributed by atoms with van der Waals surface area (Å²) < 4.78 is 47.3. The van der Waals surface area contributed by atoms with Crippen LogP contribution in [0.25, 0.3) is 22.0 Å². The molecule has 0 saturated carbocycles. The van der Waals surface area contributed by atoms with Crippen molar-refractivity contribution in [3.05, 3.63) is 76.7 Å². The van der Waals surface area contributed by atoms with E-state index in [2.05, 4.69) is 18.8 Å². The molecule has 0 spiro atoms. The van der Waals surface area contributed by atoms with E-state index in [9.17, 15) is 18.0 Å². The Morgan fingerprint density at radius 2 is 1.86 bits per heavy atom. The minimum Gasteiger partial charge on any atom is -0.492 e. The first-order chi connectivity index (χ1) is 17.5. The lowest BCUT2D eigenvalue weighted by Crippen LogP contribution is -2.16. The number of carbonyl (C=O) groups is 1. The number of amides is 1. The van der Waals surface area contributed by atoms with Gasteiger partial charge in [0.2, 0.25) is 0 Å². The highest BCUT2D eigenvalue weighted by Crippen LogP contribution is 2.42. The largest absolute Gasteiger partial charge is 0.492 e. The molecule has 2 aromatic heterocycles. The summed E-state index contributed by atoms with van der Waals surface area (Å²) in [5, 5.41) is 5.45. The molecule has 6 nitrogen and oxygen atoms in total. The molecular weight excluding hydrogens is 505 g/mol. The molecule has 1 unspecified atom stereocenters. The number of fused-ring (bicyclic) bond motifs is 1. The van der Waals surface area contributed by atoms with Gasteiger partial charge in [-0.2, -0.15) is 18.3 Å². The molecule has 2 aromatic carbocycles. The molecule has 4 aromatic rings. The lowest BCUT2D eigenvalue weighted by molar-refractivity contribution is -0.137. The average molecular weight is 531 g/mol. The van der Waals surface area contributed by atoms with Gasteiger partial charge in [-0.05, 0) is 55.2 Å². The van der Waals surface area contributed by atoms with Crippen molar-refractivity contribution in [2.24, 2.45) is 11.7 Å². The SMILES string of the molecule is CCOc1c(-c2ccc(C(F)(F)F)cc2Cl)ccc2nn(C(CC(C)C)c3ccc(C(N)=O)nc3)cc12. The van der Waals surface area contributed by atoms with Crippen molar-refractivity contribution in [2.45, 2.75) is 39.4 Å². The number of hydrogen-bond donors (Lipinski definition) is 1. The molecule has 0 aliphatic heterocycles. The summed E-state index contributed by atoms with van der Waals surface area (Å²) in [6.07, 6.45) is -0.272. The van der Waals surface area contributed by atoms with E-state index in [0.29, 0.717) is 40.3 Å². The molecule has 1 atom stereocenters. The monoisotopic (exact) mass is 530 g/mol. The summed E-state index contributed by atoms with van der Waals surface area (Å²) in [5.74, 6) is 0.201. The zero-order valence-electron chi connectivity index (χ0n) is 20.5. The van der Waals surface area contributed by atoms with Crippen molar-refractivity contribution in [3.8, 4) is 16.9 Å². The molecule has 4 rings (SSSR count). The highest BCUT2D eigenvalue weighted by atomic mass is 35.5. The van der Waals surface area contributed by atoms with Gasteiger partial charge in [0.25, 0.3) is 5.91 Å². The summed E-state index contributed by atoms with van der Waals surface area (Å²) in [6.45, 7) is 6.36. The fraction of sp³-hybridized carbons (Fsp3) is 0.296. The van der Waals surface area contributed by atoms with Crippen LogP contribution in [0.3, 0.4) is 0 Å². The molecule has 10 heteroatoms. The van der Waals surface area contributed by atoms with Crippen LogP contribution < -0.4 is 10.5 Å². The fourth-order valence-electron chi connectivity index (χ4n) is 4.26. The highest BCUT2D eigenvalue weighted by molar-refractivity contribution is 6.33. The second kappa shape index (κ2) is 10.4. The molecule has 0 aliphatic rings. The van der Waals surface area contributed by atoms with E-state index in [1.54, 1.807) is 24.4 Å². The number of nitrogens with zero attached hydrogens (tertiary/aromatic N) is 3. The van der Waals surface area contributed by atoms with E-state index in [0.717, 1.165) is 24.1 Å². The van der Waals surface area contributed by atoms with E-state index in [1.165, 1.54) is 6.07 Å². The maximum atomic E-state index is 13.2. The van der Waals surface area contributed by atoms with Crippen LogP contribution in [0.1, 0.15) is 54.8 Å². The third-order valence-corrected chi connectivity index (χ3v) is 6.28. The van der Waals surface area contributed by atoms with Gasteiger partial charge >= 0.3 is 6.18 Å². The number of halogens is 4. The van der Waals surface area contributed by atoms with Gasteiger partial charge in [-0.25, -0.2) is 0 Å². The molecule has 0 saturated heterocycles. The Hall–Kier alpha value is -3.59. The summed E-state index contributed by atoms with van der Waals surface area (Å²) in [7, 11) is 0. The number of alkyl halides is 3. The lowest BCUT2D eigenvalue weighted by atomic mass is 9.98. The molecule has 0 radical (unpaired) electrons. The van der Waals surface area contributed by atoms with Crippen molar-refractivity contribution in [1.29, 1.82) is 0 Å². The predicted molar refractivity (Wildman–Crippen MR) is 137 cm³/mol. The number of hydrogen-bond acceptors (Lipinski definition) is 4. The molecule has 0 fully saturated rings. The molecule has 1 amide bonds. The summed E-state index contributed by atoms with van der Waals surface area (Å²) in [5.41, 5.74) is 7.20. The van der Waals surface area contributed by atoms with Gasteiger partial charge < -0.3 is 10.5 Å². The van der Waals surface area contributed by atoms with E-state index >= 15 is 0 Å². The Morgan fingerprint density at radius 1 is 1.14 bits per heavy atom. The summed E-state index contributed by atoms with van der Waals surface area (Å²) in [4.78, 5) is 15.6. The Balaban J connectivity index is 1.83. The number of aromatic nitrogens is 3. The topological polar surface area (TPSA) is 83.0 Å². The zero-order valence-corrected chi connectivity index (χ0v) is 21.3. The third kappa shape index (κ3) is 5.56. The maximum absolute atomic E-state index is 13.2. The molecule has 194 valence electrons. The first-order valence-electron chi connectivity index (χ1n) is 11.8. The molecular formula is C27H26ClF3N4O2. The van der Waals surface area contributed by atoms with Crippen LogP contribution >= 0.6 is 11.6 Å². The van der Waals surface area contributed by atoms with Crippen molar-refractivity contribution >= 4 is 28.4 Å². The number of rotatable bonds is 8. The minimum absolute atomic E-state index is 0.0270. The molecule has 0 aliphatic carbocycles. The smallest absolute Gasteiger partial charge is 0.416 e. The van der Waals surface area contributed by atoms with Gasteiger partial charge in [-0.3, -0.25) is 14.5 Å². The summed E-state index contributed by atoms with van der Waals surface area (Å²) in [6, 6.07) is 10.0. The number of nitrogens with two attached hydrogens (primary N) is 1. The molecule has 2 heterocycles. The van der Waals surface area contributed by atoms with Gasteiger partial charge in [0.05, 0.1) is 29.1 Å². The standard InChI is InChI=1S/C27H26ClF3N4O2/c1-4-37-25-19(18-7-6-17(12-21(18)28)27(29,30)31)8-10-22-20(25)14-35(34-22)24(11-15(2)3)16-5-9-23(26(32)36)33-13-16/h5-10,12-15,24H,4,11H2,1-3H3,(H2,32,36). The fourth-order valence-corrected chi connectivity index (χ4v) is 4.54. The van der Waals surface area contributed by atoms with Gasteiger partial charge in [-0.1, -0.05) is 37.6 Å². The van der Waals surface area contributed by atoms with Crippen LogP contribution in [0.15, 0.2) is 54.9 Å². The van der Waals surface area contributed by atoms with E-state index in [4.69, 9.17) is 27.2 Å². The minimum atomic E-state index is -4.49. The van der Waals surface area contributed by atoms with Crippen molar-refractivity contribution in [3.63, 3.8) is 0 Å². The second-order valence-electron chi connectivity index (χ2n) is 9.10. The zero-order chi connectivity index (χ0) is 26.9. The van der Waals surface area contributed by atoms with Crippen molar-refractivity contribution < 1.29 is 22.7 Å². The van der Waals surface area contributed by atoms with Gasteiger partial charge in [0.1, 0.15) is 11.4 Å². The van der Waals surface area contributed by atoms with Crippen molar-refractivity contribution in [2.75, 3.05) is 6.61 Å². The van der Waals surface area contributed by atoms with Crippen LogP contribution in [0, 0.1) is 5.92 Å². The molecule has 2 N–H and O–H groups in total. The van der Waals surface area contributed by atoms with E-state index < -0.39 is 17.6 Å². The van der Waals surface area contributed by atoms with Gasteiger partial charge in [0.15, 0.2) is 0 Å². The highest BCUT2D eigenvalue weighted by Gasteiger charge is 2.31. The first-order valence-corrected chi connectivity index (χ1v) is 12.1. The number of pyridine rings is 1. The van der Waals surface area contributed by atoms with Crippen LogP contribution in [-0.2, 0) is 6.18 Å². The Bertz CT molecular complexity index is 1430. The lowest BCUT2D eigenvalue weighted by Gasteiger charge is -2.20. The van der Waals surface area contributed by atoms with Crippen LogP contribution in [-0.4, -0.2) is 27.3 Å². The Morgan fingerprint density at radius 3 is 2.43 bits per heavy atom. The number of primary amides is 1. The Labute approximate surface area is 217 Å². The second-order valence-corrected chi connectivity index (χ2v) is 9.50. The normalized spacial score (nSPS) is 12.8. The van der Waals surface area contributed by atoms with Crippen LogP contribution in [0.2, 0.25) is 5.02 Å². The van der Waals surface area contributed by atoms with Crippen LogP contribution in [0.5, 0.6) is 5.75 Å². The van der Waals surface area contributed by atoms with Gasteiger partial charge in [0, 0.05) is 28.5 Å². The summed E-state index contributed by atoms with van der Waals surface area (Å²) >= 11 is 6.31. The van der Waals surface area contributed by atoms with E-state index in [-0.39, 0.29) is 16.8 Å². The number of carbonyl (C=O) groups excluding carboxylic acids is 1.